The predicted molar refractivity (Wildman–Crippen MR) is 118 cm³/mol. The highest BCUT2D eigenvalue weighted by atomic mass is 16.2. The number of hydrogen-bond donors (Lipinski definition) is 0. The Labute approximate surface area is 176 Å². The van der Waals surface area contributed by atoms with Gasteiger partial charge in [-0.1, -0.05) is 50.6 Å². The second-order valence-corrected chi connectivity index (χ2v) is 11.2. The van der Waals surface area contributed by atoms with Gasteiger partial charge in [-0.05, 0) is 91.7 Å². The molecule has 0 saturated heterocycles. The van der Waals surface area contributed by atoms with Crippen molar-refractivity contribution >= 4 is 5.91 Å². The lowest BCUT2D eigenvalue weighted by molar-refractivity contribution is -0.144. The molecule has 3 aliphatic carbocycles. The van der Waals surface area contributed by atoms with Crippen molar-refractivity contribution in [2.45, 2.75) is 71.8 Å². The Hall–Kier alpha value is -1.57. The van der Waals surface area contributed by atoms with Crippen LogP contribution >= 0.6 is 0 Å². The average molecular weight is 392 g/mol. The van der Waals surface area contributed by atoms with Crippen LogP contribution in [0, 0.1) is 41.4 Å². The van der Waals surface area contributed by atoms with E-state index in [1.165, 1.54) is 49.7 Å². The number of carbonyl (C=O) groups is 1. The molecule has 29 heavy (non-hydrogen) atoms. The van der Waals surface area contributed by atoms with Crippen LogP contribution in [0.4, 0.5) is 0 Å². The summed E-state index contributed by atoms with van der Waals surface area (Å²) in [5.41, 5.74) is 3.55. The highest BCUT2D eigenvalue weighted by Crippen LogP contribution is 2.65. The minimum Gasteiger partial charge on any atom is -0.338 e. The maximum absolute atomic E-state index is 12.7. The first-order valence-electron chi connectivity index (χ1n) is 11.8. The van der Waals surface area contributed by atoms with E-state index in [4.69, 9.17) is 0 Å². The van der Waals surface area contributed by atoms with Gasteiger partial charge in [0.1, 0.15) is 0 Å². The molecule has 156 valence electrons. The van der Waals surface area contributed by atoms with Crippen molar-refractivity contribution in [3.8, 4) is 0 Å². The topological polar surface area (TPSA) is 20.3 Å². The lowest BCUT2D eigenvalue weighted by atomic mass is 9.46. The van der Waals surface area contributed by atoms with E-state index in [1.54, 1.807) is 0 Å². The van der Waals surface area contributed by atoms with Gasteiger partial charge in [-0.25, -0.2) is 0 Å². The van der Waals surface area contributed by atoms with Crippen molar-refractivity contribution in [1.29, 1.82) is 0 Å². The Bertz CT molecular complexity index is 843. The molecule has 7 atom stereocenters. The van der Waals surface area contributed by atoms with Crippen molar-refractivity contribution in [2.24, 2.45) is 34.5 Å². The van der Waals surface area contributed by atoms with Crippen molar-refractivity contribution < 1.29 is 4.79 Å². The lowest BCUT2D eigenvalue weighted by Crippen LogP contribution is -2.63. The fraction of sp³-hybridized carbons (Fsp3) is 0.667. The molecule has 0 spiro atoms. The second-order valence-electron chi connectivity index (χ2n) is 11.2. The van der Waals surface area contributed by atoms with E-state index in [1.807, 2.05) is 6.08 Å². The molecule has 2 nitrogen and oxygen atoms in total. The summed E-state index contributed by atoms with van der Waals surface area (Å²) in [6.45, 7) is 7.30. The van der Waals surface area contributed by atoms with Gasteiger partial charge in [-0.15, -0.1) is 0 Å². The zero-order valence-corrected chi connectivity index (χ0v) is 18.7. The summed E-state index contributed by atoms with van der Waals surface area (Å²) < 4.78 is 0. The molecule has 5 rings (SSSR count). The van der Waals surface area contributed by atoms with E-state index in [0.717, 1.165) is 24.2 Å². The normalized spacial score (nSPS) is 43.7. The van der Waals surface area contributed by atoms with Gasteiger partial charge in [-0.2, -0.15) is 0 Å². The molecule has 0 aromatic heterocycles. The number of carbonyl (C=O) groups excluding carboxylic acids is 1. The van der Waals surface area contributed by atoms with Crippen LogP contribution in [0.25, 0.3) is 0 Å². The van der Waals surface area contributed by atoms with Gasteiger partial charge in [0.25, 0.3) is 0 Å². The molecule has 2 heteroatoms. The van der Waals surface area contributed by atoms with Crippen molar-refractivity contribution in [3.05, 3.63) is 47.5 Å². The monoisotopic (exact) mass is 391 g/mol. The van der Waals surface area contributed by atoms with Gasteiger partial charge < -0.3 is 4.90 Å². The van der Waals surface area contributed by atoms with Gasteiger partial charge in [0.2, 0.25) is 5.91 Å². The van der Waals surface area contributed by atoms with Crippen LogP contribution < -0.4 is 0 Å². The molecule has 0 radical (unpaired) electrons. The number of aryl methyl sites for hydroxylation is 1. The highest BCUT2D eigenvalue weighted by Gasteiger charge is 2.60. The number of nitrogens with zero attached hydrogens (tertiary/aromatic N) is 1. The number of fused-ring (bicyclic) bond motifs is 5. The molecule has 3 fully saturated rings. The molecule has 3 saturated carbocycles. The third-order valence-electron chi connectivity index (χ3n) is 9.77. The molecule has 4 aliphatic rings. The minimum absolute atomic E-state index is 0.114. The summed E-state index contributed by atoms with van der Waals surface area (Å²) in [6.07, 6.45) is 13.6. The van der Waals surface area contributed by atoms with E-state index in [2.05, 4.69) is 63.1 Å². The van der Waals surface area contributed by atoms with E-state index in [9.17, 15) is 4.79 Å². The van der Waals surface area contributed by atoms with Crippen LogP contribution in [0.2, 0.25) is 0 Å². The Morgan fingerprint density at radius 1 is 1.10 bits per heavy atom. The van der Waals surface area contributed by atoms with Gasteiger partial charge >= 0.3 is 0 Å². The van der Waals surface area contributed by atoms with Crippen LogP contribution in [0.5, 0.6) is 0 Å². The third-order valence-corrected chi connectivity index (χ3v) is 9.77. The summed E-state index contributed by atoms with van der Waals surface area (Å²) in [4.78, 5) is 14.8. The maximum atomic E-state index is 12.7. The predicted octanol–water partition coefficient (Wildman–Crippen LogP) is 5.79. The number of likely N-dealkylation sites (N-methyl/N-ethyl adjacent to an activating group) is 1. The Morgan fingerprint density at radius 2 is 1.90 bits per heavy atom. The number of benzene rings is 1. The van der Waals surface area contributed by atoms with Gasteiger partial charge in [0.15, 0.2) is 0 Å². The fourth-order valence-corrected chi connectivity index (χ4v) is 8.36. The highest BCUT2D eigenvalue weighted by molar-refractivity contribution is 5.89. The Balaban J connectivity index is 1.56. The summed E-state index contributed by atoms with van der Waals surface area (Å²) in [5, 5.41) is 0. The summed E-state index contributed by atoms with van der Waals surface area (Å²) in [7, 11) is 2.06. The number of hydrogen-bond acceptors (Lipinski definition) is 1. The first kappa shape index (κ1) is 19.4. The van der Waals surface area contributed by atoms with E-state index in [-0.39, 0.29) is 11.3 Å². The largest absolute Gasteiger partial charge is 0.338 e. The summed E-state index contributed by atoms with van der Waals surface area (Å²) in [5.74, 6) is 3.17. The zero-order chi connectivity index (χ0) is 20.4. The molecule has 2 unspecified atom stereocenters. The Morgan fingerprint density at radius 3 is 2.69 bits per heavy atom. The molecule has 1 aromatic rings. The zero-order valence-electron chi connectivity index (χ0n) is 18.7. The molecule has 0 N–H and O–H groups in total. The fourth-order valence-electron chi connectivity index (χ4n) is 8.36. The second kappa shape index (κ2) is 6.72. The summed E-state index contributed by atoms with van der Waals surface area (Å²) >= 11 is 0. The van der Waals surface area contributed by atoms with Gasteiger partial charge in [-0.3, -0.25) is 4.79 Å². The molecular formula is C27H37NO. The van der Waals surface area contributed by atoms with Crippen molar-refractivity contribution in [2.75, 3.05) is 7.05 Å². The van der Waals surface area contributed by atoms with E-state index < -0.39 is 0 Å². The number of rotatable bonds is 2. The Kier molecular flexibility index (Phi) is 4.50. The molecule has 1 heterocycles. The smallest absolute Gasteiger partial charge is 0.246 e. The molecule has 0 bridgehead atoms. The SMILES string of the molecule is Cc1ccccc1CC1C[C@@H]2[C@@H](CC[C@]3(C)CCC[C@@H]23)[C@@]2(C)C=CC(=O)N(C)C12. The van der Waals surface area contributed by atoms with Gasteiger partial charge in [0, 0.05) is 18.5 Å². The maximum Gasteiger partial charge on any atom is 0.246 e. The van der Waals surface area contributed by atoms with E-state index in [0.29, 0.717) is 17.4 Å². The lowest BCUT2D eigenvalue weighted by Gasteiger charge is -2.62. The van der Waals surface area contributed by atoms with E-state index >= 15 is 0 Å². The average Bonchev–Trinajstić information content (AvgIpc) is 3.09. The standard InChI is InChI=1S/C27H37NO/c1-18-8-5-6-9-19(18)16-20-17-21-22-10-7-13-26(22,2)14-11-23(21)27(3)15-12-24(29)28(4)25(20)27/h5-6,8-9,12,15,20-23,25H,7,10-11,13-14,16-17H2,1-4H3/t20?,21-,22-,23+,25?,26-,27+/m0/s1. The first-order chi connectivity index (χ1) is 13.8. The first-order valence-corrected chi connectivity index (χ1v) is 11.8. The van der Waals surface area contributed by atoms with Crippen LogP contribution in [0.3, 0.4) is 0 Å². The molecular weight excluding hydrogens is 354 g/mol. The number of amides is 1. The van der Waals surface area contributed by atoms with Crippen molar-refractivity contribution in [3.63, 3.8) is 0 Å². The minimum atomic E-state index is 0.114. The van der Waals surface area contributed by atoms with Crippen molar-refractivity contribution in [1.82, 2.24) is 4.90 Å². The quantitative estimate of drug-likeness (QED) is 0.624. The van der Waals surface area contributed by atoms with Crippen LogP contribution in [-0.4, -0.2) is 23.9 Å². The molecule has 1 aliphatic heterocycles. The van der Waals surface area contributed by atoms with Gasteiger partial charge in [0.05, 0.1) is 0 Å². The van der Waals surface area contributed by atoms with Crippen LogP contribution in [0.1, 0.15) is 63.5 Å². The van der Waals surface area contributed by atoms with Crippen LogP contribution in [0.15, 0.2) is 36.4 Å². The summed E-state index contributed by atoms with van der Waals surface area (Å²) in [6, 6.07) is 9.19. The third kappa shape index (κ3) is 2.85. The molecule has 1 amide bonds. The van der Waals surface area contributed by atoms with Crippen LogP contribution in [-0.2, 0) is 11.2 Å². The molecule has 1 aromatic carbocycles.